The SMILES string of the molecule is CCc1ccc(NC(=O)CN2CCSc3ccc(S(=O)(=O)N(C)C)cc32)cc1. The van der Waals surface area contributed by atoms with Crippen molar-refractivity contribution >= 4 is 39.1 Å². The van der Waals surface area contributed by atoms with Crippen LogP contribution in [0, 0.1) is 0 Å². The molecule has 0 atom stereocenters. The van der Waals surface area contributed by atoms with Crippen LogP contribution in [0.4, 0.5) is 11.4 Å². The first kappa shape index (κ1) is 20.7. The molecule has 1 amide bonds. The van der Waals surface area contributed by atoms with Crippen molar-refractivity contribution in [1.29, 1.82) is 0 Å². The molecule has 1 aliphatic rings. The maximum absolute atomic E-state index is 12.5. The smallest absolute Gasteiger partial charge is 0.243 e. The van der Waals surface area contributed by atoms with Crippen LogP contribution < -0.4 is 10.2 Å². The number of carbonyl (C=O) groups is 1. The zero-order chi connectivity index (χ0) is 20.3. The third kappa shape index (κ3) is 4.51. The Bertz CT molecular complexity index is 957. The maximum atomic E-state index is 12.5. The van der Waals surface area contributed by atoms with Gasteiger partial charge in [-0.05, 0) is 42.3 Å². The lowest BCUT2D eigenvalue weighted by atomic mass is 10.1. The van der Waals surface area contributed by atoms with Gasteiger partial charge in [0.1, 0.15) is 0 Å². The Morgan fingerprint density at radius 2 is 1.89 bits per heavy atom. The van der Waals surface area contributed by atoms with E-state index in [0.29, 0.717) is 6.54 Å². The Hall–Kier alpha value is -2.03. The first-order valence-electron chi connectivity index (χ1n) is 9.14. The van der Waals surface area contributed by atoms with Gasteiger partial charge in [-0.2, -0.15) is 0 Å². The lowest BCUT2D eigenvalue weighted by Crippen LogP contribution is -2.37. The largest absolute Gasteiger partial charge is 0.360 e. The molecule has 3 rings (SSSR count). The summed E-state index contributed by atoms with van der Waals surface area (Å²) < 4.78 is 26.1. The number of rotatable bonds is 6. The molecule has 6 nitrogen and oxygen atoms in total. The van der Waals surface area contributed by atoms with E-state index in [2.05, 4.69) is 12.2 Å². The van der Waals surface area contributed by atoms with Crippen LogP contribution in [0.15, 0.2) is 52.3 Å². The molecule has 0 aliphatic carbocycles. The van der Waals surface area contributed by atoms with Gasteiger partial charge in [0.2, 0.25) is 15.9 Å². The first-order chi connectivity index (χ1) is 13.3. The highest BCUT2D eigenvalue weighted by molar-refractivity contribution is 7.99. The molecule has 150 valence electrons. The summed E-state index contributed by atoms with van der Waals surface area (Å²) in [5.41, 5.74) is 2.77. The number of thioether (sulfide) groups is 1. The van der Waals surface area contributed by atoms with E-state index in [1.54, 1.807) is 23.9 Å². The van der Waals surface area contributed by atoms with Crippen molar-refractivity contribution in [3.05, 3.63) is 48.0 Å². The van der Waals surface area contributed by atoms with E-state index in [0.717, 1.165) is 28.4 Å². The van der Waals surface area contributed by atoms with Crippen molar-refractivity contribution in [2.75, 3.05) is 43.2 Å². The van der Waals surface area contributed by atoms with E-state index >= 15 is 0 Å². The van der Waals surface area contributed by atoms with Crippen LogP contribution in [0.25, 0.3) is 0 Å². The number of fused-ring (bicyclic) bond motifs is 1. The van der Waals surface area contributed by atoms with Crippen molar-refractivity contribution in [1.82, 2.24) is 4.31 Å². The minimum atomic E-state index is -3.52. The van der Waals surface area contributed by atoms with E-state index in [-0.39, 0.29) is 17.3 Å². The monoisotopic (exact) mass is 419 g/mol. The summed E-state index contributed by atoms with van der Waals surface area (Å²) in [5, 5.41) is 2.92. The highest BCUT2D eigenvalue weighted by atomic mass is 32.2. The summed E-state index contributed by atoms with van der Waals surface area (Å²) in [6.45, 7) is 2.95. The van der Waals surface area contributed by atoms with Gasteiger partial charge in [-0.3, -0.25) is 4.79 Å². The molecular weight excluding hydrogens is 394 g/mol. The number of amides is 1. The predicted molar refractivity (Wildman–Crippen MR) is 115 cm³/mol. The molecule has 0 fully saturated rings. The molecule has 0 bridgehead atoms. The number of benzene rings is 2. The van der Waals surface area contributed by atoms with E-state index in [4.69, 9.17) is 0 Å². The molecule has 1 heterocycles. The number of carbonyl (C=O) groups excluding carboxylic acids is 1. The fraction of sp³-hybridized carbons (Fsp3) is 0.350. The Labute approximate surface area is 171 Å². The van der Waals surface area contributed by atoms with Crippen LogP contribution in [-0.4, -0.2) is 51.6 Å². The van der Waals surface area contributed by atoms with Crippen molar-refractivity contribution < 1.29 is 13.2 Å². The van der Waals surface area contributed by atoms with Crippen LogP contribution in [0.3, 0.4) is 0 Å². The topological polar surface area (TPSA) is 69.7 Å². The van der Waals surface area contributed by atoms with Gasteiger partial charge in [0.15, 0.2) is 0 Å². The third-order valence-electron chi connectivity index (χ3n) is 4.65. The number of sulfonamides is 1. The van der Waals surface area contributed by atoms with Crippen LogP contribution in [0.5, 0.6) is 0 Å². The van der Waals surface area contributed by atoms with E-state index in [1.807, 2.05) is 35.2 Å². The second-order valence-electron chi connectivity index (χ2n) is 6.79. The van der Waals surface area contributed by atoms with Gasteiger partial charge in [-0.25, -0.2) is 12.7 Å². The van der Waals surface area contributed by atoms with Crippen molar-refractivity contribution in [3.8, 4) is 0 Å². The minimum Gasteiger partial charge on any atom is -0.360 e. The van der Waals surface area contributed by atoms with Gasteiger partial charge >= 0.3 is 0 Å². The lowest BCUT2D eigenvalue weighted by molar-refractivity contribution is -0.115. The van der Waals surface area contributed by atoms with Crippen LogP contribution in [0.1, 0.15) is 12.5 Å². The van der Waals surface area contributed by atoms with Crippen molar-refractivity contribution in [2.45, 2.75) is 23.1 Å². The van der Waals surface area contributed by atoms with Gasteiger partial charge in [-0.1, -0.05) is 19.1 Å². The molecular formula is C20H25N3O3S2. The normalized spacial score (nSPS) is 14.1. The molecule has 0 saturated heterocycles. The summed E-state index contributed by atoms with van der Waals surface area (Å²) in [6.07, 6.45) is 0.953. The average molecular weight is 420 g/mol. The summed E-state index contributed by atoms with van der Waals surface area (Å²) in [5.74, 6) is 0.730. The standard InChI is InChI=1S/C20H25N3O3S2/c1-4-15-5-7-16(8-6-15)21-20(24)14-23-11-12-27-19-10-9-17(13-18(19)23)28(25,26)22(2)3/h5-10,13H,4,11-12,14H2,1-3H3,(H,21,24). The Morgan fingerprint density at radius 3 is 2.54 bits per heavy atom. The highest BCUT2D eigenvalue weighted by Gasteiger charge is 2.24. The molecule has 0 unspecified atom stereocenters. The lowest BCUT2D eigenvalue weighted by Gasteiger charge is -2.30. The van der Waals surface area contributed by atoms with Gasteiger partial charge in [0.05, 0.1) is 17.1 Å². The predicted octanol–water partition coefficient (Wildman–Crippen LogP) is 3.05. The number of aryl methyl sites for hydroxylation is 1. The van der Waals surface area contributed by atoms with E-state index in [1.165, 1.54) is 24.0 Å². The molecule has 2 aromatic rings. The molecule has 0 aromatic heterocycles. The summed E-state index contributed by atoms with van der Waals surface area (Å²) in [6, 6.07) is 12.9. The summed E-state index contributed by atoms with van der Waals surface area (Å²) in [7, 11) is -0.496. The van der Waals surface area contributed by atoms with E-state index < -0.39 is 10.0 Å². The summed E-state index contributed by atoms with van der Waals surface area (Å²) >= 11 is 1.67. The van der Waals surface area contributed by atoms with Crippen molar-refractivity contribution in [2.24, 2.45) is 0 Å². The van der Waals surface area contributed by atoms with Crippen molar-refractivity contribution in [3.63, 3.8) is 0 Å². The summed E-state index contributed by atoms with van der Waals surface area (Å²) in [4.78, 5) is 15.7. The molecule has 28 heavy (non-hydrogen) atoms. The second kappa shape index (κ2) is 8.55. The zero-order valence-electron chi connectivity index (χ0n) is 16.3. The Morgan fingerprint density at radius 1 is 1.18 bits per heavy atom. The average Bonchev–Trinajstić information content (AvgIpc) is 2.68. The third-order valence-corrected chi connectivity index (χ3v) is 7.50. The van der Waals surface area contributed by atoms with Gasteiger partial charge in [0.25, 0.3) is 0 Å². The fourth-order valence-corrected chi connectivity index (χ4v) is 4.94. The minimum absolute atomic E-state index is 0.122. The molecule has 2 aromatic carbocycles. The van der Waals surface area contributed by atoms with Crippen LogP contribution in [-0.2, 0) is 21.2 Å². The molecule has 8 heteroatoms. The van der Waals surface area contributed by atoms with Gasteiger partial charge in [-0.15, -0.1) is 11.8 Å². The number of nitrogens with zero attached hydrogens (tertiary/aromatic N) is 2. The maximum Gasteiger partial charge on any atom is 0.243 e. The molecule has 0 spiro atoms. The molecule has 0 radical (unpaired) electrons. The first-order valence-corrected chi connectivity index (χ1v) is 11.6. The Kier molecular flexibility index (Phi) is 6.32. The zero-order valence-corrected chi connectivity index (χ0v) is 17.9. The van der Waals surface area contributed by atoms with Gasteiger partial charge in [0, 0.05) is 37.0 Å². The Balaban J connectivity index is 1.78. The highest BCUT2D eigenvalue weighted by Crippen LogP contribution is 2.36. The molecule has 0 saturated carbocycles. The van der Waals surface area contributed by atoms with Crippen LogP contribution in [0.2, 0.25) is 0 Å². The van der Waals surface area contributed by atoms with Crippen LogP contribution >= 0.6 is 11.8 Å². The quantitative estimate of drug-likeness (QED) is 0.779. The molecule has 1 aliphatic heterocycles. The fourth-order valence-electron chi connectivity index (χ4n) is 2.99. The number of hydrogen-bond donors (Lipinski definition) is 1. The number of hydrogen-bond acceptors (Lipinski definition) is 5. The number of anilines is 2. The molecule has 1 N–H and O–H groups in total. The number of nitrogens with one attached hydrogen (secondary N) is 1. The van der Waals surface area contributed by atoms with E-state index in [9.17, 15) is 13.2 Å². The second-order valence-corrected chi connectivity index (χ2v) is 10.1. The van der Waals surface area contributed by atoms with Gasteiger partial charge < -0.3 is 10.2 Å².